The number of halogens is 1. The SMILES string of the molecule is [B][C@@H]1O[C@H](C(C)O)[C@@H](O)[C@@]1(C)F. The molecule has 1 heterocycles. The van der Waals surface area contributed by atoms with Crippen molar-refractivity contribution in [1.29, 1.82) is 0 Å². The van der Waals surface area contributed by atoms with E-state index in [1.807, 2.05) is 0 Å². The third kappa shape index (κ3) is 1.36. The van der Waals surface area contributed by atoms with Crippen molar-refractivity contribution in [3.63, 3.8) is 0 Å². The molecule has 0 aromatic rings. The zero-order valence-electron chi connectivity index (χ0n) is 7.07. The lowest BCUT2D eigenvalue weighted by atomic mass is 9.83. The first-order valence-corrected chi connectivity index (χ1v) is 3.83. The number of rotatable bonds is 1. The first-order valence-electron chi connectivity index (χ1n) is 3.83. The van der Waals surface area contributed by atoms with E-state index in [4.69, 9.17) is 17.7 Å². The van der Waals surface area contributed by atoms with Gasteiger partial charge in [-0.3, -0.25) is 0 Å². The summed E-state index contributed by atoms with van der Waals surface area (Å²) in [5.41, 5.74) is -1.98. The number of alkyl halides is 1. The van der Waals surface area contributed by atoms with Crippen LogP contribution in [0.15, 0.2) is 0 Å². The highest BCUT2D eigenvalue weighted by molar-refractivity contribution is 6.12. The van der Waals surface area contributed by atoms with Crippen LogP contribution in [0.2, 0.25) is 0 Å². The molecule has 0 saturated carbocycles. The number of hydrogen-bond acceptors (Lipinski definition) is 3. The maximum absolute atomic E-state index is 13.4. The van der Waals surface area contributed by atoms with E-state index in [0.29, 0.717) is 0 Å². The van der Waals surface area contributed by atoms with E-state index in [0.717, 1.165) is 6.92 Å². The predicted octanol–water partition coefficient (Wildman–Crippen LogP) is -0.650. The third-order valence-electron chi connectivity index (χ3n) is 2.23. The van der Waals surface area contributed by atoms with Crippen LogP contribution in [0.3, 0.4) is 0 Å². The van der Waals surface area contributed by atoms with Crippen LogP contribution >= 0.6 is 0 Å². The van der Waals surface area contributed by atoms with Gasteiger partial charge in [0, 0.05) is 0 Å². The number of aliphatic hydroxyl groups excluding tert-OH is 2. The standard InChI is InChI=1S/C7H12BFO3/c1-3(10)4-5(11)7(2,9)6(8)12-4/h3-6,10-11H,1-2H3/t3?,4-,5-,6-,7-/m1/s1. The molecule has 0 aromatic carbocycles. The van der Waals surface area contributed by atoms with Gasteiger partial charge in [0.15, 0.2) is 5.67 Å². The van der Waals surface area contributed by atoms with Gasteiger partial charge in [-0.05, 0) is 13.8 Å². The Hall–Kier alpha value is -0.125. The van der Waals surface area contributed by atoms with E-state index >= 15 is 0 Å². The highest BCUT2D eigenvalue weighted by Crippen LogP contribution is 2.33. The van der Waals surface area contributed by atoms with Gasteiger partial charge >= 0.3 is 0 Å². The Bertz CT molecular complexity index is 174. The van der Waals surface area contributed by atoms with Gasteiger partial charge < -0.3 is 14.9 Å². The normalized spacial score (nSPS) is 50.9. The summed E-state index contributed by atoms with van der Waals surface area (Å²) in [5.74, 6) is 0. The molecule has 0 aliphatic carbocycles. The summed E-state index contributed by atoms with van der Waals surface area (Å²) >= 11 is 0. The molecule has 68 valence electrons. The average molecular weight is 174 g/mol. The molecule has 0 bridgehead atoms. The number of aliphatic hydroxyl groups is 2. The van der Waals surface area contributed by atoms with Gasteiger partial charge in [-0.2, -0.15) is 0 Å². The quantitative estimate of drug-likeness (QED) is 0.519. The summed E-state index contributed by atoms with van der Waals surface area (Å²) < 4.78 is 18.3. The van der Waals surface area contributed by atoms with Crippen LogP contribution in [0, 0.1) is 0 Å². The van der Waals surface area contributed by atoms with Gasteiger partial charge in [-0.25, -0.2) is 4.39 Å². The van der Waals surface area contributed by atoms with E-state index in [2.05, 4.69) is 0 Å². The molecule has 2 N–H and O–H groups in total. The molecular weight excluding hydrogens is 162 g/mol. The smallest absolute Gasteiger partial charge is 0.153 e. The minimum Gasteiger partial charge on any atom is -0.391 e. The fraction of sp³-hybridized carbons (Fsp3) is 1.00. The van der Waals surface area contributed by atoms with E-state index < -0.39 is 30.0 Å². The van der Waals surface area contributed by atoms with Crippen LogP contribution < -0.4 is 0 Å². The fourth-order valence-corrected chi connectivity index (χ4v) is 1.24. The zero-order valence-corrected chi connectivity index (χ0v) is 7.07. The van der Waals surface area contributed by atoms with Crippen molar-refractivity contribution in [3.05, 3.63) is 0 Å². The Labute approximate surface area is 71.9 Å². The van der Waals surface area contributed by atoms with Crippen molar-refractivity contribution >= 4 is 7.85 Å². The van der Waals surface area contributed by atoms with E-state index in [1.54, 1.807) is 0 Å². The Morgan fingerprint density at radius 2 is 2.17 bits per heavy atom. The maximum atomic E-state index is 13.4. The maximum Gasteiger partial charge on any atom is 0.153 e. The van der Waals surface area contributed by atoms with Crippen LogP contribution in [-0.2, 0) is 4.74 Å². The Balaban J connectivity index is 2.76. The highest BCUT2D eigenvalue weighted by atomic mass is 19.1. The fourth-order valence-electron chi connectivity index (χ4n) is 1.24. The second kappa shape index (κ2) is 2.98. The van der Waals surface area contributed by atoms with Crippen molar-refractivity contribution < 1.29 is 19.3 Å². The molecular formula is C7H12BFO3. The van der Waals surface area contributed by atoms with Gasteiger partial charge in [0.1, 0.15) is 20.1 Å². The van der Waals surface area contributed by atoms with Crippen LogP contribution in [0.1, 0.15) is 13.8 Å². The second-order valence-corrected chi connectivity index (χ2v) is 3.36. The molecule has 1 aliphatic heterocycles. The first kappa shape index (κ1) is 9.96. The van der Waals surface area contributed by atoms with Crippen molar-refractivity contribution in [1.82, 2.24) is 0 Å². The lowest BCUT2D eigenvalue weighted by Crippen LogP contribution is -2.43. The summed E-state index contributed by atoms with van der Waals surface area (Å²) in [6, 6.07) is -1.17. The monoisotopic (exact) mass is 174 g/mol. The molecule has 1 aliphatic rings. The Morgan fingerprint density at radius 3 is 2.33 bits per heavy atom. The molecule has 0 amide bonds. The molecule has 5 atom stereocenters. The molecule has 2 radical (unpaired) electrons. The minimum atomic E-state index is -1.98. The lowest BCUT2D eigenvalue weighted by molar-refractivity contribution is -0.0481. The van der Waals surface area contributed by atoms with Crippen LogP contribution in [0.4, 0.5) is 4.39 Å². The average Bonchev–Trinajstić information content (AvgIpc) is 2.13. The van der Waals surface area contributed by atoms with Gasteiger partial charge in [-0.1, -0.05) is 0 Å². The molecule has 3 nitrogen and oxygen atoms in total. The topological polar surface area (TPSA) is 49.7 Å². The molecule has 1 saturated heterocycles. The van der Waals surface area contributed by atoms with Crippen molar-refractivity contribution in [2.75, 3.05) is 0 Å². The molecule has 5 heteroatoms. The second-order valence-electron chi connectivity index (χ2n) is 3.36. The highest BCUT2D eigenvalue weighted by Gasteiger charge is 2.52. The third-order valence-corrected chi connectivity index (χ3v) is 2.23. The van der Waals surface area contributed by atoms with Crippen LogP contribution in [0.5, 0.6) is 0 Å². The van der Waals surface area contributed by atoms with Crippen molar-refractivity contribution in [3.8, 4) is 0 Å². The van der Waals surface area contributed by atoms with E-state index in [1.165, 1.54) is 6.92 Å². The van der Waals surface area contributed by atoms with Crippen LogP contribution in [0.25, 0.3) is 0 Å². The largest absolute Gasteiger partial charge is 0.391 e. The van der Waals surface area contributed by atoms with E-state index in [9.17, 15) is 9.50 Å². The van der Waals surface area contributed by atoms with Gasteiger partial charge in [0.05, 0.1) is 12.1 Å². The van der Waals surface area contributed by atoms with Crippen molar-refractivity contribution in [2.24, 2.45) is 0 Å². The van der Waals surface area contributed by atoms with Gasteiger partial charge in [0.2, 0.25) is 0 Å². The number of hydrogen-bond donors (Lipinski definition) is 2. The lowest BCUT2D eigenvalue weighted by Gasteiger charge is -2.22. The molecule has 0 spiro atoms. The minimum absolute atomic E-state index is 0.927. The zero-order chi connectivity index (χ0) is 9.52. The van der Waals surface area contributed by atoms with Crippen LogP contribution in [-0.4, -0.2) is 48.0 Å². The molecule has 1 rings (SSSR count). The number of ether oxygens (including phenoxy) is 1. The summed E-state index contributed by atoms with van der Waals surface area (Å²) in [5, 5.41) is 18.4. The Morgan fingerprint density at radius 1 is 1.67 bits per heavy atom. The summed E-state index contributed by atoms with van der Waals surface area (Å²) in [6.07, 6.45) is -3.23. The summed E-state index contributed by atoms with van der Waals surface area (Å²) in [6.45, 7) is 2.58. The molecule has 1 fully saturated rings. The summed E-state index contributed by atoms with van der Waals surface area (Å²) in [4.78, 5) is 0. The van der Waals surface area contributed by atoms with Gasteiger partial charge in [-0.15, -0.1) is 0 Å². The predicted molar refractivity (Wildman–Crippen MR) is 41.6 cm³/mol. The van der Waals surface area contributed by atoms with Crippen molar-refractivity contribution in [2.45, 2.75) is 43.8 Å². The molecule has 12 heavy (non-hydrogen) atoms. The summed E-state index contributed by atoms with van der Waals surface area (Å²) in [7, 11) is 5.26. The first-order chi connectivity index (χ1) is 5.37. The Kier molecular flexibility index (Phi) is 2.47. The molecule has 0 aromatic heterocycles. The molecule has 1 unspecified atom stereocenters. The van der Waals surface area contributed by atoms with E-state index in [-0.39, 0.29) is 0 Å². The van der Waals surface area contributed by atoms with Gasteiger partial charge in [0.25, 0.3) is 0 Å².